The van der Waals surface area contributed by atoms with Crippen LogP contribution in [-0.4, -0.2) is 56.1 Å². The Morgan fingerprint density at radius 1 is 1.26 bits per heavy atom. The summed E-state index contributed by atoms with van der Waals surface area (Å²) >= 11 is 0. The molecule has 1 saturated heterocycles. The summed E-state index contributed by atoms with van der Waals surface area (Å²) in [6.07, 6.45) is 1.83. The lowest BCUT2D eigenvalue weighted by molar-refractivity contribution is -0.0102. The maximum Gasteiger partial charge on any atom is 0.123 e. The van der Waals surface area contributed by atoms with Crippen molar-refractivity contribution in [1.29, 1.82) is 0 Å². The van der Waals surface area contributed by atoms with E-state index in [0.29, 0.717) is 13.2 Å². The van der Waals surface area contributed by atoms with Gasteiger partial charge in [0.25, 0.3) is 0 Å². The Kier molecular flexibility index (Phi) is 6.69. The second-order valence-corrected chi connectivity index (χ2v) is 6.30. The predicted molar refractivity (Wildman–Crippen MR) is 90.2 cm³/mol. The van der Waals surface area contributed by atoms with E-state index >= 15 is 0 Å². The average Bonchev–Trinajstić information content (AvgIpc) is 3.00. The van der Waals surface area contributed by atoms with Crippen molar-refractivity contribution < 1.29 is 19.3 Å². The fourth-order valence-electron chi connectivity index (χ4n) is 3.12. The summed E-state index contributed by atoms with van der Waals surface area (Å²) in [5.41, 5.74) is 1.13. The molecule has 5 heteroatoms. The highest BCUT2D eigenvalue weighted by molar-refractivity contribution is 5.42. The minimum atomic E-state index is -0.477. The van der Waals surface area contributed by atoms with E-state index in [9.17, 15) is 5.11 Å². The van der Waals surface area contributed by atoms with Gasteiger partial charge in [0.2, 0.25) is 0 Å². The summed E-state index contributed by atoms with van der Waals surface area (Å²) < 4.78 is 16.4. The van der Waals surface area contributed by atoms with Crippen molar-refractivity contribution in [1.82, 2.24) is 4.90 Å². The van der Waals surface area contributed by atoms with Gasteiger partial charge in [0.05, 0.1) is 33.0 Å². The van der Waals surface area contributed by atoms with Crippen LogP contribution in [0.2, 0.25) is 0 Å². The molecule has 5 nitrogen and oxygen atoms in total. The van der Waals surface area contributed by atoms with E-state index in [4.69, 9.17) is 14.2 Å². The second-order valence-electron chi connectivity index (χ2n) is 6.30. The van der Waals surface area contributed by atoms with Crippen LogP contribution in [-0.2, 0) is 4.74 Å². The van der Waals surface area contributed by atoms with Crippen LogP contribution < -0.4 is 9.47 Å². The fraction of sp³-hybridized carbons (Fsp3) is 0.667. The molecule has 0 aliphatic carbocycles. The maximum absolute atomic E-state index is 10.2. The van der Waals surface area contributed by atoms with Crippen LogP contribution in [0, 0.1) is 0 Å². The van der Waals surface area contributed by atoms with Crippen molar-refractivity contribution >= 4 is 0 Å². The molecule has 0 bridgehead atoms. The number of benzene rings is 1. The standard InChI is InChI=1S/C18H29NO4/c1-13(2)23-12-14(20)11-19-9-5-6-17(19)16-10-15(21-3)7-8-18(16)22-4/h7-8,10,13-14,17,20H,5-6,9,11-12H2,1-4H3. The van der Waals surface area contributed by atoms with Gasteiger partial charge in [-0.3, -0.25) is 4.90 Å². The molecular weight excluding hydrogens is 294 g/mol. The number of hydrogen-bond acceptors (Lipinski definition) is 5. The molecule has 130 valence electrons. The quantitative estimate of drug-likeness (QED) is 0.797. The first-order valence-electron chi connectivity index (χ1n) is 8.30. The molecule has 0 aromatic heterocycles. The first kappa shape index (κ1) is 18.0. The number of aliphatic hydroxyl groups is 1. The first-order valence-corrected chi connectivity index (χ1v) is 8.30. The average molecular weight is 323 g/mol. The lowest BCUT2D eigenvalue weighted by atomic mass is 10.0. The molecule has 2 rings (SSSR count). The van der Waals surface area contributed by atoms with Crippen molar-refractivity contribution in [3.05, 3.63) is 23.8 Å². The third kappa shape index (κ3) is 4.83. The van der Waals surface area contributed by atoms with E-state index in [0.717, 1.165) is 36.4 Å². The van der Waals surface area contributed by atoms with E-state index in [2.05, 4.69) is 4.90 Å². The summed E-state index contributed by atoms with van der Waals surface area (Å²) in [6.45, 7) is 5.91. The van der Waals surface area contributed by atoms with E-state index < -0.39 is 6.10 Å². The zero-order valence-corrected chi connectivity index (χ0v) is 14.6. The smallest absolute Gasteiger partial charge is 0.123 e. The molecule has 0 saturated carbocycles. The van der Waals surface area contributed by atoms with Gasteiger partial charge < -0.3 is 19.3 Å². The number of rotatable bonds is 8. The largest absolute Gasteiger partial charge is 0.497 e. The Labute approximate surface area is 139 Å². The molecule has 1 aromatic carbocycles. The van der Waals surface area contributed by atoms with Crippen molar-refractivity contribution in [3.63, 3.8) is 0 Å². The van der Waals surface area contributed by atoms with Gasteiger partial charge in [0.15, 0.2) is 0 Å². The van der Waals surface area contributed by atoms with Crippen LogP contribution >= 0.6 is 0 Å². The topological polar surface area (TPSA) is 51.2 Å². The minimum Gasteiger partial charge on any atom is -0.497 e. The molecule has 0 radical (unpaired) electrons. The van der Waals surface area contributed by atoms with E-state index in [1.165, 1.54) is 0 Å². The molecule has 2 atom stereocenters. The van der Waals surface area contributed by atoms with Crippen molar-refractivity contribution in [2.75, 3.05) is 33.9 Å². The van der Waals surface area contributed by atoms with Gasteiger partial charge in [-0.15, -0.1) is 0 Å². The summed E-state index contributed by atoms with van der Waals surface area (Å²) in [5.74, 6) is 1.70. The van der Waals surface area contributed by atoms with E-state index in [1.54, 1.807) is 14.2 Å². The number of ether oxygens (including phenoxy) is 3. The Balaban J connectivity index is 2.09. The number of nitrogens with zero attached hydrogens (tertiary/aromatic N) is 1. The van der Waals surface area contributed by atoms with Crippen LogP contribution in [0.1, 0.15) is 38.3 Å². The molecule has 1 N–H and O–H groups in total. The van der Waals surface area contributed by atoms with E-state index in [1.807, 2.05) is 32.0 Å². The van der Waals surface area contributed by atoms with Crippen molar-refractivity contribution in [2.24, 2.45) is 0 Å². The molecule has 1 heterocycles. The molecule has 1 aliphatic heterocycles. The molecule has 1 aliphatic rings. The van der Waals surface area contributed by atoms with Crippen molar-refractivity contribution in [2.45, 2.75) is 44.9 Å². The summed E-state index contributed by atoms with van der Waals surface area (Å²) in [7, 11) is 3.36. The Morgan fingerprint density at radius 2 is 2.04 bits per heavy atom. The SMILES string of the molecule is COc1ccc(OC)c(C2CCCN2CC(O)COC(C)C)c1. The number of β-amino-alcohol motifs (C(OH)–C–C–N with tert-alkyl or cyclic N) is 1. The molecule has 2 unspecified atom stereocenters. The Morgan fingerprint density at radius 3 is 2.70 bits per heavy atom. The van der Waals surface area contributed by atoms with Crippen LogP contribution in [0.25, 0.3) is 0 Å². The lowest BCUT2D eigenvalue weighted by Crippen LogP contribution is -2.35. The highest BCUT2D eigenvalue weighted by Gasteiger charge is 2.30. The predicted octanol–water partition coefficient (Wildman–Crippen LogP) is 2.63. The van der Waals surface area contributed by atoms with E-state index in [-0.39, 0.29) is 12.1 Å². The minimum absolute atomic E-state index is 0.137. The van der Waals surface area contributed by atoms with Crippen LogP contribution in [0.3, 0.4) is 0 Å². The van der Waals surface area contributed by atoms with Gasteiger partial charge >= 0.3 is 0 Å². The zero-order valence-electron chi connectivity index (χ0n) is 14.6. The van der Waals surface area contributed by atoms with Gasteiger partial charge in [-0.1, -0.05) is 0 Å². The van der Waals surface area contributed by atoms with Gasteiger partial charge in [0, 0.05) is 18.2 Å². The summed E-state index contributed by atoms with van der Waals surface area (Å²) in [4.78, 5) is 2.31. The van der Waals surface area contributed by atoms with Crippen molar-refractivity contribution in [3.8, 4) is 11.5 Å². The number of aliphatic hydroxyl groups excluding tert-OH is 1. The van der Waals surface area contributed by atoms with Gasteiger partial charge in [0.1, 0.15) is 11.5 Å². The summed E-state index contributed by atoms with van der Waals surface area (Å²) in [6, 6.07) is 6.14. The van der Waals surface area contributed by atoms with Crippen LogP contribution in [0.4, 0.5) is 0 Å². The first-order chi connectivity index (χ1) is 11.0. The summed E-state index contributed by atoms with van der Waals surface area (Å²) in [5, 5.41) is 10.2. The molecule has 23 heavy (non-hydrogen) atoms. The Bertz CT molecular complexity index is 492. The lowest BCUT2D eigenvalue weighted by Gasteiger charge is -2.28. The number of methoxy groups -OCH3 is 2. The molecular formula is C18H29NO4. The second kappa shape index (κ2) is 8.52. The molecule has 1 fully saturated rings. The highest BCUT2D eigenvalue weighted by atomic mass is 16.5. The maximum atomic E-state index is 10.2. The van der Waals surface area contributed by atoms with Crippen LogP contribution in [0.15, 0.2) is 18.2 Å². The molecule has 0 amide bonds. The normalized spacial score (nSPS) is 20.0. The Hall–Kier alpha value is -1.30. The van der Waals surface area contributed by atoms with Gasteiger partial charge in [-0.25, -0.2) is 0 Å². The molecule has 1 aromatic rings. The number of hydrogen-bond donors (Lipinski definition) is 1. The zero-order chi connectivity index (χ0) is 16.8. The highest BCUT2D eigenvalue weighted by Crippen LogP contribution is 2.38. The monoisotopic (exact) mass is 323 g/mol. The third-order valence-electron chi connectivity index (χ3n) is 4.23. The fourth-order valence-corrected chi connectivity index (χ4v) is 3.12. The number of likely N-dealkylation sites (tertiary alicyclic amines) is 1. The van der Waals surface area contributed by atoms with Gasteiger partial charge in [-0.2, -0.15) is 0 Å². The van der Waals surface area contributed by atoms with Crippen LogP contribution in [0.5, 0.6) is 11.5 Å². The third-order valence-corrected chi connectivity index (χ3v) is 4.23. The molecule has 0 spiro atoms. The van der Waals surface area contributed by atoms with Gasteiger partial charge in [-0.05, 0) is 51.4 Å².